The average Bonchev–Trinajstić information content (AvgIpc) is 2.35. The molecule has 0 saturated heterocycles. The van der Waals surface area contributed by atoms with Gasteiger partial charge in [-0.05, 0) is 49.1 Å². The predicted octanol–water partition coefficient (Wildman–Crippen LogP) is 4.83. The van der Waals surface area contributed by atoms with Gasteiger partial charge >= 0.3 is 0 Å². The van der Waals surface area contributed by atoms with Crippen molar-refractivity contribution in [2.24, 2.45) is 5.73 Å². The van der Waals surface area contributed by atoms with Crippen molar-refractivity contribution in [3.63, 3.8) is 0 Å². The average molecular weight is 294 g/mol. The number of rotatable bonds is 2. The summed E-state index contributed by atoms with van der Waals surface area (Å²) in [6.45, 7) is 6.11. The van der Waals surface area contributed by atoms with Crippen molar-refractivity contribution in [1.29, 1.82) is 0 Å². The maximum Gasteiger partial charge on any atom is 0.0652 e. The van der Waals surface area contributed by atoms with E-state index in [2.05, 4.69) is 26.0 Å². The van der Waals surface area contributed by atoms with Crippen molar-refractivity contribution in [2.45, 2.75) is 26.3 Å². The van der Waals surface area contributed by atoms with E-state index in [4.69, 9.17) is 28.9 Å². The molecule has 2 aromatic carbocycles. The van der Waals surface area contributed by atoms with Crippen molar-refractivity contribution in [3.05, 3.63) is 68.7 Å². The van der Waals surface area contributed by atoms with Crippen molar-refractivity contribution in [3.8, 4) is 0 Å². The molecule has 19 heavy (non-hydrogen) atoms. The Bertz CT molecular complexity index is 618. The van der Waals surface area contributed by atoms with E-state index >= 15 is 0 Å². The summed E-state index contributed by atoms with van der Waals surface area (Å²) in [4.78, 5) is 0. The molecule has 0 aliphatic rings. The minimum absolute atomic E-state index is 0.521. The monoisotopic (exact) mass is 293 g/mol. The van der Waals surface area contributed by atoms with Crippen LogP contribution in [0.25, 0.3) is 0 Å². The summed E-state index contributed by atoms with van der Waals surface area (Å²) in [5, 5.41) is 1.05. The normalized spacial score (nSPS) is 14.2. The first kappa shape index (κ1) is 14.4. The summed E-state index contributed by atoms with van der Waals surface area (Å²) < 4.78 is 0. The van der Waals surface area contributed by atoms with Crippen LogP contribution in [-0.4, -0.2) is 0 Å². The molecule has 0 saturated carbocycles. The topological polar surface area (TPSA) is 26.0 Å². The van der Waals surface area contributed by atoms with Gasteiger partial charge in [0.2, 0.25) is 0 Å². The third-order valence-electron chi connectivity index (χ3n) is 3.62. The maximum absolute atomic E-state index is 6.50. The van der Waals surface area contributed by atoms with Crippen molar-refractivity contribution >= 4 is 23.2 Å². The second-order valence-corrected chi connectivity index (χ2v) is 5.89. The highest BCUT2D eigenvalue weighted by atomic mass is 35.5. The van der Waals surface area contributed by atoms with Crippen LogP contribution in [0.5, 0.6) is 0 Å². The number of hydrogen-bond acceptors (Lipinski definition) is 1. The molecule has 2 rings (SSSR count). The van der Waals surface area contributed by atoms with Gasteiger partial charge in [-0.1, -0.05) is 53.5 Å². The number of benzene rings is 2. The Hall–Kier alpha value is -1.02. The van der Waals surface area contributed by atoms with Crippen LogP contribution in [0.2, 0.25) is 10.0 Å². The molecular weight excluding hydrogens is 277 g/mol. The number of hydrogen-bond donors (Lipinski definition) is 1. The third kappa shape index (κ3) is 2.64. The van der Waals surface area contributed by atoms with Gasteiger partial charge in [-0.25, -0.2) is 0 Å². The number of nitrogens with two attached hydrogens (primary N) is 1. The zero-order chi connectivity index (χ0) is 14.2. The lowest BCUT2D eigenvalue weighted by atomic mass is 9.84. The van der Waals surface area contributed by atoms with E-state index in [1.165, 1.54) is 11.1 Å². The molecule has 0 radical (unpaired) electrons. The summed E-state index contributed by atoms with van der Waals surface area (Å²) in [5.41, 5.74) is 10.2. The van der Waals surface area contributed by atoms with Gasteiger partial charge in [-0.15, -0.1) is 0 Å². The molecule has 0 aliphatic carbocycles. The second-order valence-electron chi connectivity index (χ2n) is 5.10. The first-order valence-electron chi connectivity index (χ1n) is 6.15. The van der Waals surface area contributed by atoms with Gasteiger partial charge in [-0.2, -0.15) is 0 Å². The lowest BCUT2D eigenvalue weighted by molar-refractivity contribution is 0.602. The minimum atomic E-state index is -0.666. The van der Waals surface area contributed by atoms with Crippen LogP contribution in [0.3, 0.4) is 0 Å². The van der Waals surface area contributed by atoms with E-state index < -0.39 is 5.54 Å². The SMILES string of the molecule is Cc1ccc(C(C)(N)c2cccc(Cl)c2Cl)cc1C. The Labute approximate surface area is 124 Å². The largest absolute Gasteiger partial charge is 0.318 e. The Morgan fingerprint density at radius 2 is 1.68 bits per heavy atom. The van der Waals surface area contributed by atoms with E-state index in [9.17, 15) is 0 Å². The van der Waals surface area contributed by atoms with Gasteiger partial charge in [0.1, 0.15) is 0 Å². The molecule has 1 unspecified atom stereocenters. The van der Waals surface area contributed by atoms with Crippen LogP contribution < -0.4 is 5.73 Å². The quantitative estimate of drug-likeness (QED) is 0.843. The van der Waals surface area contributed by atoms with Crippen LogP contribution in [0.1, 0.15) is 29.2 Å². The third-order valence-corrected chi connectivity index (χ3v) is 4.44. The van der Waals surface area contributed by atoms with E-state index in [-0.39, 0.29) is 0 Å². The Morgan fingerprint density at radius 1 is 1.00 bits per heavy atom. The van der Waals surface area contributed by atoms with Crippen LogP contribution in [0, 0.1) is 13.8 Å². The fraction of sp³-hybridized carbons (Fsp3) is 0.250. The Kier molecular flexibility index (Phi) is 3.91. The van der Waals surface area contributed by atoms with Crippen LogP contribution in [0.15, 0.2) is 36.4 Å². The molecule has 0 amide bonds. The van der Waals surface area contributed by atoms with E-state index in [0.717, 1.165) is 11.1 Å². The zero-order valence-corrected chi connectivity index (χ0v) is 12.8. The maximum atomic E-state index is 6.50. The van der Waals surface area contributed by atoms with Gasteiger partial charge in [0.15, 0.2) is 0 Å². The van der Waals surface area contributed by atoms with E-state index in [1.807, 2.05) is 25.1 Å². The summed E-state index contributed by atoms with van der Waals surface area (Å²) in [6.07, 6.45) is 0. The van der Waals surface area contributed by atoms with Crippen LogP contribution in [-0.2, 0) is 5.54 Å². The first-order valence-corrected chi connectivity index (χ1v) is 6.90. The molecule has 0 bridgehead atoms. The Morgan fingerprint density at radius 3 is 2.32 bits per heavy atom. The van der Waals surface area contributed by atoms with Gasteiger partial charge in [0.25, 0.3) is 0 Å². The molecule has 3 heteroatoms. The standard InChI is InChI=1S/C16H17Cl2N/c1-10-7-8-12(9-11(10)2)16(3,19)13-5-4-6-14(17)15(13)18/h4-9H,19H2,1-3H3. The smallest absolute Gasteiger partial charge is 0.0652 e. The molecule has 0 aromatic heterocycles. The van der Waals surface area contributed by atoms with Gasteiger partial charge < -0.3 is 5.73 Å². The number of aryl methyl sites for hydroxylation is 2. The van der Waals surface area contributed by atoms with Crippen molar-refractivity contribution in [1.82, 2.24) is 0 Å². The van der Waals surface area contributed by atoms with Crippen molar-refractivity contribution < 1.29 is 0 Å². The second kappa shape index (κ2) is 5.16. The van der Waals surface area contributed by atoms with E-state index in [0.29, 0.717) is 10.0 Å². The zero-order valence-electron chi connectivity index (χ0n) is 11.3. The molecule has 0 fully saturated rings. The minimum Gasteiger partial charge on any atom is -0.318 e. The highest BCUT2D eigenvalue weighted by molar-refractivity contribution is 6.42. The lowest BCUT2D eigenvalue weighted by Gasteiger charge is -2.28. The molecule has 0 spiro atoms. The first-order chi connectivity index (χ1) is 8.84. The molecule has 2 aromatic rings. The van der Waals surface area contributed by atoms with Gasteiger partial charge in [0.05, 0.1) is 15.6 Å². The van der Waals surface area contributed by atoms with Crippen molar-refractivity contribution in [2.75, 3.05) is 0 Å². The fourth-order valence-electron chi connectivity index (χ4n) is 2.12. The highest BCUT2D eigenvalue weighted by Crippen LogP contribution is 2.36. The predicted molar refractivity (Wildman–Crippen MR) is 83.0 cm³/mol. The molecule has 0 heterocycles. The van der Waals surface area contributed by atoms with Gasteiger partial charge in [0, 0.05) is 0 Å². The molecule has 0 aliphatic heterocycles. The fourth-order valence-corrected chi connectivity index (χ4v) is 2.62. The van der Waals surface area contributed by atoms with E-state index in [1.54, 1.807) is 6.07 Å². The summed E-state index contributed by atoms with van der Waals surface area (Å²) >= 11 is 12.4. The van der Waals surface area contributed by atoms with Crippen LogP contribution in [0.4, 0.5) is 0 Å². The molecule has 1 nitrogen and oxygen atoms in total. The summed E-state index contributed by atoms with van der Waals surface area (Å²) in [6, 6.07) is 11.8. The molecule has 2 N–H and O–H groups in total. The molecule has 1 atom stereocenters. The number of halogens is 2. The summed E-state index contributed by atoms with van der Waals surface area (Å²) in [5.74, 6) is 0. The molecule has 100 valence electrons. The van der Waals surface area contributed by atoms with Crippen LogP contribution >= 0.6 is 23.2 Å². The highest BCUT2D eigenvalue weighted by Gasteiger charge is 2.27. The lowest BCUT2D eigenvalue weighted by Crippen LogP contribution is -2.34. The summed E-state index contributed by atoms with van der Waals surface area (Å²) in [7, 11) is 0. The van der Waals surface area contributed by atoms with Gasteiger partial charge in [-0.3, -0.25) is 0 Å². The Balaban J connectivity index is 2.58. The molecular formula is C16H17Cl2N.